The summed E-state index contributed by atoms with van der Waals surface area (Å²) in [6, 6.07) is 0. The minimum atomic E-state index is -4.54. The quantitative estimate of drug-likeness (QED) is 0.0215. The van der Waals surface area contributed by atoms with Crippen molar-refractivity contribution in [2.75, 3.05) is 54.1 Å². The zero-order valence-electron chi connectivity index (χ0n) is 32.3. The average molecular weight is 722 g/mol. The number of carbonyl (C=O) groups excluding carboxylic acids is 1. The third-order valence-electron chi connectivity index (χ3n) is 7.47. The summed E-state index contributed by atoms with van der Waals surface area (Å²) < 4.78 is 34.3. The number of likely N-dealkylation sites (N-methyl/N-ethyl adjacent to an activating group) is 1. The van der Waals surface area contributed by atoms with E-state index in [0.717, 1.165) is 64.2 Å². The molecule has 0 aliphatic heterocycles. The summed E-state index contributed by atoms with van der Waals surface area (Å²) in [5.41, 5.74) is 0. The van der Waals surface area contributed by atoms with E-state index in [1.54, 1.807) is 0 Å². The summed E-state index contributed by atoms with van der Waals surface area (Å²) in [5, 5.41) is 0. The molecule has 0 rings (SSSR count). The number of quaternary nitrogens is 1. The number of esters is 1. The summed E-state index contributed by atoms with van der Waals surface area (Å²) in [5.74, 6) is -0.397. The van der Waals surface area contributed by atoms with Gasteiger partial charge in [-0.05, 0) is 70.6 Å². The Morgan fingerprint density at radius 2 is 1.16 bits per heavy atom. The van der Waals surface area contributed by atoms with Gasteiger partial charge in [-0.3, -0.25) is 9.36 Å². The number of hydrogen-bond acceptors (Lipinski definition) is 7. The third kappa shape index (κ3) is 37.2. The third-order valence-corrected chi connectivity index (χ3v) is 8.44. The van der Waals surface area contributed by atoms with E-state index in [1.807, 2.05) is 21.1 Å². The van der Waals surface area contributed by atoms with Crippen molar-refractivity contribution in [3.63, 3.8) is 0 Å². The predicted octanol–water partition coefficient (Wildman–Crippen LogP) is 10.1. The number of ether oxygens (including phenoxy) is 2. The average Bonchev–Trinajstić information content (AvgIpc) is 3.06. The van der Waals surface area contributed by atoms with Crippen LogP contribution in [0.4, 0.5) is 0 Å². The van der Waals surface area contributed by atoms with E-state index in [-0.39, 0.29) is 26.2 Å². The molecule has 0 spiro atoms. The summed E-state index contributed by atoms with van der Waals surface area (Å²) in [6.45, 7) is 5.11. The molecule has 2 unspecified atom stereocenters. The van der Waals surface area contributed by atoms with Gasteiger partial charge >= 0.3 is 5.97 Å². The fourth-order valence-electron chi connectivity index (χ4n) is 4.52. The highest BCUT2D eigenvalue weighted by molar-refractivity contribution is 7.45. The Kier molecular flexibility index (Phi) is 32.6. The van der Waals surface area contributed by atoms with Gasteiger partial charge in [-0.15, -0.1) is 0 Å². The molecular formula is C41H72NO7P. The van der Waals surface area contributed by atoms with Crippen molar-refractivity contribution in [3.8, 4) is 0 Å². The Bertz CT molecular complexity index is 1030. The van der Waals surface area contributed by atoms with E-state index >= 15 is 0 Å². The van der Waals surface area contributed by atoms with Crippen LogP contribution < -0.4 is 4.89 Å². The number of phosphoric ester groups is 1. The molecule has 0 heterocycles. The molecule has 2 atom stereocenters. The Hall–Kier alpha value is -2.06. The molecule has 0 aromatic heterocycles. The lowest BCUT2D eigenvalue weighted by molar-refractivity contribution is -0.870. The topological polar surface area (TPSA) is 94.1 Å². The van der Waals surface area contributed by atoms with Crippen LogP contribution in [0.2, 0.25) is 0 Å². The number of carbonyl (C=O) groups is 1. The first kappa shape index (κ1) is 47.9. The standard InChI is InChI=1S/C41H72NO7P/c1-6-8-10-12-14-16-18-19-20-21-22-23-24-26-28-30-32-34-41(43)49-40(39-48-50(44,45)47-37-35-42(3,4)5)38-46-36-33-31-29-27-25-17-15-13-11-9-7-2/h8,10-11,13-14,16,19-20,22-23,26,28,40H,6-7,9,12,15,17-18,21,24-25,27,29-39H2,1-5H3/b10-8-,13-11-,16-14-,20-19-,23-22-,28-26-. The van der Waals surface area contributed by atoms with E-state index in [2.05, 4.69) is 86.8 Å². The van der Waals surface area contributed by atoms with Crippen molar-refractivity contribution in [1.29, 1.82) is 0 Å². The van der Waals surface area contributed by atoms with Crippen LogP contribution in [0.15, 0.2) is 72.9 Å². The van der Waals surface area contributed by atoms with Gasteiger partial charge in [-0.2, -0.15) is 0 Å². The number of nitrogens with zero attached hydrogens (tertiary/aromatic N) is 1. The van der Waals surface area contributed by atoms with E-state index in [0.29, 0.717) is 24.1 Å². The fourth-order valence-corrected chi connectivity index (χ4v) is 5.25. The van der Waals surface area contributed by atoms with Gasteiger partial charge < -0.3 is 27.9 Å². The Morgan fingerprint density at radius 1 is 0.640 bits per heavy atom. The van der Waals surface area contributed by atoms with Crippen LogP contribution in [0.25, 0.3) is 0 Å². The van der Waals surface area contributed by atoms with Crippen molar-refractivity contribution < 1.29 is 37.3 Å². The maximum atomic E-state index is 12.6. The summed E-state index contributed by atoms with van der Waals surface area (Å²) >= 11 is 0. The second-order valence-electron chi connectivity index (χ2n) is 13.5. The molecule has 0 saturated carbocycles. The van der Waals surface area contributed by atoms with Gasteiger partial charge in [0.05, 0.1) is 34.4 Å². The highest BCUT2D eigenvalue weighted by Gasteiger charge is 2.20. The molecule has 50 heavy (non-hydrogen) atoms. The minimum absolute atomic E-state index is 0.0105. The molecular weight excluding hydrogens is 649 g/mol. The van der Waals surface area contributed by atoms with Gasteiger partial charge in [0.25, 0.3) is 7.82 Å². The molecule has 9 heteroatoms. The predicted molar refractivity (Wildman–Crippen MR) is 208 cm³/mol. The van der Waals surface area contributed by atoms with Crippen molar-refractivity contribution in [1.82, 2.24) is 0 Å². The Balaban J connectivity index is 4.44. The van der Waals surface area contributed by atoms with Crippen LogP contribution in [0.5, 0.6) is 0 Å². The molecule has 0 aliphatic rings. The highest BCUT2D eigenvalue weighted by atomic mass is 31.2. The van der Waals surface area contributed by atoms with Crippen LogP contribution in [0.3, 0.4) is 0 Å². The molecule has 0 aromatic rings. The SMILES string of the molecule is CC/C=C\C/C=C\C/C=C\C/C=C\C/C=C\CCCC(=O)OC(COCCCCCCCC/C=C\CCC)COP(=O)([O-])OCC[N+](C)(C)C. The zero-order valence-corrected chi connectivity index (χ0v) is 33.2. The first-order valence-corrected chi connectivity index (χ1v) is 20.6. The van der Waals surface area contributed by atoms with Crippen LogP contribution in [-0.4, -0.2) is 70.7 Å². The Morgan fingerprint density at radius 3 is 1.76 bits per heavy atom. The molecule has 0 saturated heterocycles. The lowest BCUT2D eigenvalue weighted by Gasteiger charge is -2.28. The molecule has 0 fully saturated rings. The molecule has 8 nitrogen and oxygen atoms in total. The van der Waals surface area contributed by atoms with E-state index < -0.39 is 19.9 Å². The second-order valence-corrected chi connectivity index (χ2v) is 15.0. The smallest absolute Gasteiger partial charge is 0.306 e. The summed E-state index contributed by atoms with van der Waals surface area (Å²) in [4.78, 5) is 24.9. The molecule has 0 aliphatic carbocycles. The minimum Gasteiger partial charge on any atom is -0.756 e. The fraction of sp³-hybridized carbons (Fsp3) is 0.683. The van der Waals surface area contributed by atoms with Crippen LogP contribution in [-0.2, 0) is 27.9 Å². The molecule has 0 aromatic carbocycles. The first-order valence-electron chi connectivity index (χ1n) is 19.2. The number of unbranched alkanes of at least 4 members (excludes halogenated alkanes) is 8. The van der Waals surface area contributed by atoms with Crippen LogP contribution in [0, 0.1) is 0 Å². The number of allylic oxidation sites excluding steroid dienone is 12. The van der Waals surface area contributed by atoms with Gasteiger partial charge in [0, 0.05) is 13.0 Å². The lowest BCUT2D eigenvalue weighted by atomic mass is 10.1. The Labute approximate surface area is 306 Å². The van der Waals surface area contributed by atoms with Gasteiger partial charge in [-0.1, -0.05) is 119 Å². The molecule has 288 valence electrons. The monoisotopic (exact) mass is 722 g/mol. The second kappa shape index (κ2) is 34.0. The molecule has 0 radical (unpaired) electrons. The number of hydrogen-bond donors (Lipinski definition) is 0. The van der Waals surface area contributed by atoms with Crippen LogP contribution >= 0.6 is 7.82 Å². The highest BCUT2D eigenvalue weighted by Crippen LogP contribution is 2.38. The molecule has 0 bridgehead atoms. The number of phosphoric acid groups is 1. The van der Waals surface area contributed by atoms with Gasteiger partial charge in [0.1, 0.15) is 19.3 Å². The van der Waals surface area contributed by atoms with E-state index in [1.165, 1.54) is 32.1 Å². The largest absolute Gasteiger partial charge is 0.756 e. The van der Waals surface area contributed by atoms with E-state index in [4.69, 9.17) is 18.5 Å². The van der Waals surface area contributed by atoms with Gasteiger partial charge in [-0.25, -0.2) is 0 Å². The maximum Gasteiger partial charge on any atom is 0.306 e. The molecule has 0 N–H and O–H groups in total. The zero-order chi connectivity index (χ0) is 37.0. The first-order chi connectivity index (χ1) is 24.1. The van der Waals surface area contributed by atoms with Gasteiger partial charge in [0.2, 0.25) is 0 Å². The maximum absolute atomic E-state index is 12.6. The normalized spacial score (nSPS) is 14.8. The van der Waals surface area contributed by atoms with Crippen molar-refractivity contribution in [3.05, 3.63) is 72.9 Å². The summed E-state index contributed by atoms with van der Waals surface area (Å²) in [6.07, 6.45) is 42.1. The lowest BCUT2D eigenvalue weighted by Crippen LogP contribution is -2.37. The van der Waals surface area contributed by atoms with Gasteiger partial charge in [0.15, 0.2) is 0 Å². The molecule has 0 amide bonds. The number of rotatable bonds is 34. The van der Waals surface area contributed by atoms with Crippen molar-refractivity contribution in [2.24, 2.45) is 0 Å². The van der Waals surface area contributed by atoms with Crippen molar-refractivity contribution in [2.45, 2.75) is 129 Å². The van der Waals surface area contributed by atoms with Crippen LogP contribution in [0.1, 0.15) is 123 Å². The summed E-state index contributed by atoms with van der Waals surface area (Å²) in [7, 11) is 1.30. The van der Waals surface area contributed by atoms with E-state index in [9.17, 15) is 14.3 Å². The van der Waals surface area contributed by atoms with Crippen molar-refractivity contribution >= 4 is 13.8 Å².